The Kier molecular flexibility index (Phi) is 6.64. The minimum atomic E-state index is -3.66. The smallest absolute Gasteiger partial charge is 0.357 e. The van der Waals surface area contributed by atoms with E-state index in [1.807, 2.05) is 18.2 Å². The minimum absolute atomic E-state index is 0.0800. The highest BCUT2D eigenvalue weighted by molar-refractivity contribution is 7.54. The van der Waals surface area contributed by atoms with Crippen LogP contribution in [0, 0.1) is 10.1 Å². The van der Waals surface area contributed by atoms with Crippen molar-refractivity contribution in [2.45, 2.75) is 19.6 Å². The van der Waals surface area contributed by atoms with E-state index in [9.17, 15) is 14.7 Å². The molecule has 0 aliphatic heterocycles. The number of nitro benzene ring substituents is 1. The zero-order valence-electron chi connectivity index (χ0n) is 16.3. The summed E-state index contributed by atoms with van der Waals surface area (Å²) in [6.07, 6.45) is 0. The second-order valence-electron chi connectivity index (χ2n) is 6.27. The number of benzene rings is 3. The minimum Gasteiger partial charge on any atom is -0.362 e. The molecule has 0 aliphatic rings. The van der Waals surface area contributed by atoms with Crippen molar-refractivity contribution < 1.29 is 18.5 Å². The van der Waals surface area contributed by atoms with Crippen molar-refractivity contribution in [2.24, 2.45) is 0 Å². The van der Waals surface area contributed by atoms with Gasteiger partial charge in [0.2, 0.25) is 0 Å². The molecule has 0 radical (unpaired) electrons. The Morgan fingerprint density at radius 1 is 0.966 bits per heavy atom. The van der Waals surface area contributed by atoms with Crippen LogP contribution in [0.25, 0.3) is 10.8 Å². The van der Waals surface area contributed by atoms with Crippen LogP contribution in [-0.4, -0.2) is 18.1 Å². The van der Waals surface area contributed by atoms with Gasteiger partial charge in [-0.3, -0.25) is 14.7 Å². The van der Waals surface area contributed by atoms with Crippen molar-refractivity contribution in [1.82, 2.24) is 0 Å². The van der Waals surface area contributed by atoms with Crippen LogP contribution < -0.4 is 5.32 Å². The van der Waals surface area contributed by atoms with Gasteiger partial charge in [-0.15, -0.1) is 0 Å². The molecule has 152 valence electrons. The molecule has 0 bridgehead atoms. The molecular formula is C21H23N2O5P. The van der Waals surface area contributed by atoms with E-state index in [1.165, 1.54) is 0 Å². The van der Waals surface area contributed by atoms with Crippen molar-refractivity contribution >= 4 is 29.7 Å². The van der Waals surface area contributed by atoms with Crippen LogP contribution in [0.15, 0.2) is 66.7 Å². The maximum atomic E-state index is 13.6. The lowest BCUT2D eigenvalue weighted by atomic mass is 10.1. The zero-order chi connectivity index (χ0) is 20.9. The van der Waals surface area contributed by atoms with Crippen LogP contribution in [0.5, 0.6) is 0 Å². The van der Waals surface area contributed by atoms with E-state index in [1.54, 1.807) is 62.4 Å². The van der Waals surface area contributed by atoms with Crippen molar-refractivity contribution in [2.75, 3.05) is 18.5 Å². The Bertz CT molecular complexity index is 1030. The predicted octanol–water partition coefficient (Wildman–Crippen LogP) is 6.12. The zero-order valence-corrected chi connectivity index (χ0v) is 17.2. The number of hydrogen-bond donors (Lipinski definition) is 1. The monoisotopic (exact) mass is 414 g/mol. The third kappa shape index (κ3) is 4.48. The van der Waals surface area contributed by atoms with Gasteiger partial charge in [-0.05, 0) is 36.9 Å². The Labute approximate surface area is 169 Å². The summed E-state index contributed by atoms with van der Waals surface area (Å²) in [5.74, 6) is -0.900. The molecule has 3 aromatic carbocycles. The van der Waals surface area contributed by atoms with Crippen molar-refractivity contribution in [3.05, 3.63) is 82.4 Å². The standard InChI is InChI=1S/C21H23N2O5P/c1-3-27-29(26,28-4-2)21(17-11-6-5-7-12-17)22-19-15-14-16-10-8-9-13-18(16)20(19)23(24)25/h5-15,21-22H,3-4H2,1-2H3. The molecule has 29 heavy (non-hydrogen) atoms. The third-order valence-electron chi connectivity index (χ3n) is 4.43. The molecule has 1 unspecified atom stereocenters. The normalized spacial score (nSPS) is 12.6. The molecule has 0 aliphatic carbocycles. The number of fused-ring (bicyclic) bond motifs is 1. The summed E-state index contributed by atoms with van der Waals surface area (Å²) >= 11 is 0. The molecule has 0 aromatic heterocycles. The van der Waals surface area contributed by atoms with Crippen LogP contribution in [0.1, 0.15) is 25.2 Å². The summed E-state index contributed by atoms with van der Waals surface area (Å²) in [6, 6.07) is 19.5. The SMILES string of the molecule is CCOP(=O)(OCC)C(Nc1ccc2ccccc2c1[N+](=O)[O-])c1ccccc1. The fraction of sp³-hybridized carbons (Fsp3) is 0.238. The molecule has 3 aromatic rings. The van der Waals surface area contributed by atoms with Gasteiger partial charge in [0.1, 0.15) is 5.69 Å². The Morgan fingerprint density at radius 2 is 1.59 bits per heavy atom. The Hall–Kier alpha value is -2.73. The fourth-order valence-corrected chi connectivity index (χ4v) is 5.17. The first-order valence-electron chi connectivity index (χ1n) is 9.36. The van der Waals surface area contributed by atoms with E-state index < -0.39 is 18.3 Å². The van der Waals surface area contributed by atoms with Gasteiger partial charge < -0.3 is 14.4 Å². The number of nitro groups is 1. The Balaban J connectivity index is 2.15. The topological polar surface area (TPSA) is 90.7 Å². The predicted molar refractivity (Wildman–Crippen MR) is 114 cm³/mol. The average Bonchev–Trinajstić information content (AvgIpc) is 2.72. The first kappa shape index (κ1) is 21.0. The number of anilines is 1. The lowest BCUT2D eigenvalue weighted by molar-refractivity contribution is -0.382. The summed E-state index contributed by atoms with van der Waals surface area (Å²) in [7, 11) is -3.66. The number of rotatable bonds is 9. The van der Waals surface area contributed by atoms with Gasteiger partial charge in [0.05, 0.1) is 23.5 Å². The number of nitrogens with one attached hydrogen (secondary N) is 1. The van der Waals surface area contributed by atoms with Crippen LogP contribution in [-0.2, 0) is 13.6 Å². The first-order valence-corrected chi connectivity index (χ1v) is 11.0. The summed E-state index contributed by atoms with van der Waals surface area (Å²) in [6.45, 7) is 3.82. The summed E-state index contributed by atoms with van der Waals surface area (Å²) in [5.41, 5.74) is 0.825. The Morgan fingerprint density at radius 3 is 2.21 bits per heavy atom. The molecule has 0 amide bonds. The molecule has 0 fully saturated rings. The van der Waals surface area contributed by atoms with Gasteiger partial charge >= 0.3 is 7.60 Å². The maximum Gasteiger partial charge on any atom is 0.357 e. The molecule has 1 N–H and O–H groups in total. The van der Waals surface area contributed by atoms with E-state index in [0.717, 1.165) is 5.39 Å². The van der Waals surface area contributed by atoms with Gasteiger partial charge in [-0.25, -0.2) is 0 Å². The van der Waals surface area contributed by atoms with Crippen molar-refractivity contribution in [3.8, 4) is 0 Å². The highest BCUT2D eigenvalue weighted by Gasteiger charge is 2.38. The van der Waals surface area contributed by atoms with Crippen LogP contribution in [0.3, 0.4) is 0 Å². The van der Waals surface area contributed by atoms with Gasteiger partial charge in [-0.2, -0.15) is 0 Å². The summed E-state index contributed by atoms with van der Waals surface area (Å²) in [5, 5.41) is 16.2. The average molecular weight is 414 g/mol. The van der Waals surface area contributed by atoms with E-state index in [4.69, 9.17) is 9.05 Å². The molecule has 0 heterocycles. The van der Waals surface area contributed by atoms with Gasteiger partial charge in [0, 0.05) is 0 Å². The van der Waals surface area contributed by atoms with Crippen LogP contribution in [0.4, 0.5) is 11.4 Å². The second kappa shape index (κ2) is 9.18. The van der Waals surface area contributed by atoms with Gasteiger partial charge in [0.25, 0.3) is 5.69 Å². The maximum absolute atomic E-state index is 13.6. The first-order chi connectivity index (χ1) is 14.0. The van der Waals surface area contributed by atoms with E-state index in [2.05, 4.69) is 5.32 Å². The van der Waals surface area contributed by atoms with E-state index in [-0.39, 0.29) is 24.6 Å². The fourth-order valence-electron chi connectivity index (χ4n) is 3.24. The van der Waals surface area contributed by atoms with Crippen LogP contribution >= 0.6 is 7.60 Å². The van der Waals surface area contributed by atoms with E-state index in [0.29, 0.717) is 10.9 Å². The molecule has 3 rings (SSSR count). The van der Waals surface area contributed by atoms with Gasteiger partial charge in [0.15, 0.2) is 5.78 Å². The quantitative estimate of drug-likeness (QED) is 0.257. The largest absolute Gasteiger partial charge is 0.362 e. The second-order valence-corrected chi connectivity index (χ2v) is 8.39. The molecule has 0 spiro atoms. The van der Waals surface area contributed by atoms with Gasteiger partial charge in [-0.1, -0.05) is 54.6 Å². The molecule has 1 atom stereocenters. The van der Waals surface area contributed by atoms with Crippen molar-refractivity contribution in [1.29, 1.82) is 0 Å². The lowest BCUT2D eigenvalue weighted by Gasteiger charge is -2.28. The third-order valence-corrected chi connectivity index (χ3v) is 6.72. The van der Waals surface area contributed by atoms with Crippen LogP contribution in [0.2, 0.25) is 0 Å². The van der Waals surface area contributed by atoms with E-state index >= 15 is 0 Å². The number of nitrogens with zero attached hydrogens (tertiary/aromatic N) is 1. The molecule has 0 saturated heterocycles. The van der Waals surface area contributed by atoms with Crippen molar-refractivity contribution in [3.63, 3.8) is 0 Å². The molecular weight excluding hydrogens is 391 g/mol. The summed E-state index contributed by atoms with van der Waals surface area (Å²) < 4.78 is 24.7. The number of hydrogen-bond acceptors (Lipinski definition) is 6. The highest BCUT2D eigenvalue weighted by Crippen LogP contribution is 2.61. The summed E-state index contributed by atoms with van der Waals surface area (Å²) in [4.78, 5) is 11.5. The molecule has 8 heteroatoms. The lowest BCUT2D eigenvalue weighted by Crippen LogP contribution is -2.16. The highest BCUT2D eigenvalue weighted by atomic mass is 31.2. The molecule has 0 saturated carbocycles. The molecule has 7 nitrogen and oxygen atoms in total.